The number of hydrogen-bond donors (Lipinski definition) is 0. The van der Waals surface area contributed by atoms with Gasteiger partial charge in [-0.3, -0.25) is 4.79 Å². The highest BCUT2D eigenvalue weighted by atomic mass is 16.1. The molecule has 0 saturated heterocycles. The van der Waals surface area contributed by atoms with Crippen LogP contribution in [0.2, 0.25) is 0 Å². The number of carbonyl (C=O) groups excluding carboxylic acids is 3. The largest absolute Gasteiger partial charge is 0.300 e. The van der Waals surface area contributed by atoms with Crippen LogP contribution in [0.3, 0.4) is 0 Å². The van der Waals surface area contributed by atoms with Crippen molar-refractivity contribution in [3.8, 4) is 0 Å². The third kappa shape index (κ3) is 3.62. The highest BCUT2D eigenvalue weighted by Gasteiger charge is 2.38. The van der Waals surface area contributed by atoms with Crippen LogP contribution in [0.4, 0.5) is 0 Å². The normalized spacial score (nSPS) is 22.6. The third-order valence-electron chi connectivity index (χ3n) is 3.91. The minimum atomic E-state index is -0.172. The number of allylic oxidation sites excluding steroid dienone is 2. The number of carbonyl (C=O) groups is 3. The van der Waals surface area contributed by atoms with Crippen molar-refractivity contribution in [3.05, 3.63) is 11.6 Å². The molecule has 0 saturated carbocycles. The summed E-state index contributed by atoms with van der Waals surface area (Å²) in [5, 5.41) is 0. The molecule has 3 heteroatoms. The fourth-order valence-electron chi connectivity index (χ4n) is 2.58. The van der Waals surface area contributed by atoms with Gasteiger partial charge in [-0.25, -0.2) is 0 Å². The summed E-state index contributed by atoms with van der Waals surface area (Å²) < 4.78 is 0. The standard InChI is InChI=1S/C15H22O3/c1-10(16)5-6-12-8-14(18)9-13(7-11(2)17)15(12,3)4/h8,13H,5-7,9H2,1-4H3/t13-/m0/s1. The van der Waals surface area contributed by atoms with Gasteiger partial charge in [0.15, 0.2) is 5.78 Å². The molecular weight excluding hydrogens is 228 g/mol. The molecule has 0 aromatic carbocycles. The van der Waals surface area contributed by atoms with Crippen molar-refractivity contribution < 1.29 is 14.4 Å². The van der Waals surface area contributed by atoms with E-state index in [0.29, 0.717) is 25.7 Å². The van der Waals surface area contributed by atoms with Crippen LogP contribution < -0.4 is 0 Å². The Morgan fingerprint density at radius 3 is 2.39 bits per heavy atom. The molecule has 0 spiro atoms. The lowest BCUT2D eigenvalue weighted by atomic mass is 9.64. The van der Waals surface area contributed by atoms with Gasteiger partial charge >= 0.3 is 0 Å². The Balaban J connectivity index is 2.90. The molecule has 18 heavy (non-hydrogen) atoms. The summed E-state index contributed by atoms with van der Waals surface area (Å²) in [4.78, 5) is 34.1. The van der Waals surface area contributed by atoms with Crippen LogP contribution in [-0.4, -0.2) is 17.3 Å². The fourth-order valence-corrected chi connectivity index (χ4v) is 2.58. The van der Waals surface area contributed by atoms with Gasteiger partial charge in [0.1, 0.15) is 11.6 Å². The summed E-state index contributed by atoms with van der Waals surface area (Å²) in [5.74, 6) is 0.398. The van der Waals surface area contributed by atoms with E-state index < -0.39 is 0 Å². The Morgan fingerprint density at radius 2 is 1.89 bits per heavy atom. The van der Waals surface area contributed by atoms with E-state index in [1.54, 1.807) is 19.9 Å². The van der Waals surface area contributed by atoms with Gasteiger partial charge in [-0.2, -0.15) is 0 Å². The van der Waals surface area contributed by atoms with Gasteiger partial charge in [0, 0.05) is 19.3 Å². The molecule has 1 atom stereocenters. The zero-order valence-electron chi connectivity index (χ0n) is 11.7. The van der Waals surface area contributed by atoms with Gasteiger partial charge in [-0.15, -0.1) is 0 Å². The first kappa shape index (κ1) is 14.8. The molecule has 0 bridgehead atoms. The lowest BCUT2D eigenvalue weighted by Crippen LogP contribution is -2.34. The van der Waals surface area contributed by atoms with Crippen molar-refractivity contribution >= 4 is 17.3 Å². The molecule has 1 aliphatic rings. The Bertz CT molecular complexity index is 402. The Labute approximate surface area is 109 Å². The van der Waals surface area contributed by atoms with Crippen molar-refractivity contribution in [3.63, 3.8) is 0 Å². The lowest BCUT2D eigenvalue weighted by molar-refractivity contribution is -0.121. The van der Waals surface area contributed by atoms with Crippen LogP contribution in [-0.2, 0) is 14.4 Å². The van der Waals surface area contributed by atoms with Gasteiger partial charge in [0.25, 0.3) is 0 Å². The maximum atomic E-state index is 11.7. The molecule has 0 radical (unpaired) electrons. The zero-order chi connectivity index (χ0) is 13.9. The second-order valence-corrected chi connectivity index (χ2v) is 5.87. The maximum Gasteiger partial charge on any atom is 0.155 e. The second-order valence-electron chi connectivity index (χ2n) is 5.87. The van der Waals surface area contributed by atoms with E-state index in [0.717, 1.165) is 5.57 Å². The fraction of sp³-hybridized carbons (Fsp3) is 0.667. The van der Waals surface area contributed by atoms with Gasteiger partial charge in [-0.1, -0.05) is 19.4 Å². The summed E-state index contributed by atoms with van der Waals surface area (Å²) in [5.41, 5.74) is 0.842. The highest BCUT2D eigenvalue weighted by Crippen LogP contribution is 2.44. The molecule has 3 nitrogen and oxygen atoms in total. The van der Waals surface area contributed by atoms with E-state index in [4.69, 9.17) is 0 Å². The molecule has 1 aliphatic carbocycles. The Morgan fingerprint density at radius 1 is 1.28 bits per heavy atom. The average Bonchev–Trinajstić information content (AvgIpc) is 2.20. The summed E-state index contributed by atoms with van der Waals surface area (Å²) in [7, 11) is 0. The molecular formula is C15H22O3. The van der Waals surface area contributed by atoms with Crippen molar-refractivity contribution in [2.75, 3.05) is 0 Å². The zero-order valence-corrected chi connectivity index (χ0v) is 11.7. The first-order valence-corrected chi connectivity index (χ1v) is 6.46. The smallest absolute Gasteiger partial charge is 0.155 e. The summed E-state index contributed by atoms with van der Waals surface area (Å²) in [6.07, 6.45) is 3.66. The molecule has 100 valence electrons. The van der Waals surface area contributed by atoms with Crippen molar-refractivity contribution in [1.82, 2.24) is 0 Å². The maximum absolute atomic E-state index is 11.7. The molecule has 0 amide bonds. The topological polar surface area (TPSA) is 51.2 Å². The molecule has 0 aromatic heterocycles. The van der Waals surface area contributed by atoms with Crippen LogP contribution in [0, 0.1) is 11.3 Å². The van der Waals surface area contributed by atoms with E-state index in [1.807, 2.05) is 0 Å². The van der Waals surface area contributed by atoms with Crippen molar-refractivity contribution in [1.29, 1.82) is 0 Å². The molecule has 0 fully saturated rings. The van der Waals surface area contributed by atoms with Gasteiger partial charge in [0.2, 0.25) is 0 Å². The number of Topliss-reactive ketones (excluding diaryl/α,β-unsaturated/α-hetero) is 2. The molecule has 0 aliphatic heterocycles. The predicted octanol–water partition coefficient (Wildman–Crippen LogP) is 2.88. The number of hydrogen-bond acceptors (Lipinski definition) is 3. The quantitative estimate of drug-likeness (QED) is 0.754. The second kappa shape index (κ2) is 5.59. The first-order chi connectivity index (χ1) is 8.23. The number of rotatable bonds is 5. The lowest BCUT2D eigenvalue weighted by Gasteiger charge is -2.39. The van der Waals surface area contributed by atoms with Crippen LogP contribution >= 0.6 is 0 Å². The molecule has 0 N–H and O–H groups in total. The van der Waals surface area contributed by atoms with Gasteiger partial charge < -0.3 is 9.59 Å². The van der Waals surface area contributed by atoms with Crippen LogP contribution in [0.1, 0.15) is 53.4 Å². The van der Waals surface area contributed by atoms with E-state index in [-0.39, 0.29) is 28.7 Å². The molecule has 0 heterocycles. The summed E-state index contributed by atoms with van der Waals surface area (Å²) >= 11 is 0. The van der Waals surface area contributed by atoms with E-state index >= 15 is 0 Å². The van der Waals surface area contributed by atoms with Crippen molar-refractivity contribution in [2.45, 2.75) is 53.4 Å². The molecule has 0 aromatic rings. The minimum Gasteiger partial charge on any atom is -0.300 e. The van der Waals surface area contributed by atoms with Crippen LogP contribution in [0.5, 0.6) is 0 Å². The van der Waals surface area contributed by atoms with Crippen LogP contribution in [0.15, 0.2) is 11.6 Å². The predicted molar refractivity (Wildman–Crippen MR) is 70.2 cm³/mol. The summed E-state index contributed by atoms with van der Waals surface area (Å²) in [6, 6.07) is 0. The van der Waals surface area contributed by atoms with Crippen molar-refractivity contribution in [2.24, 2.45) is 11.3 Å². The first-order valence-electron chi connectivity index (χ1n) is 6.46. The van der Waals surface area contributed by atoms with Gasteiger partial charge in [-0.05, 0) is 37.7 Å². The minimum absolute atomic E-state index is 0.0643. The number of ketones is 3. The Kier molecular flexibility index (Phi) is 4.60. The van der Waals surface area contributed by atoms with E-state index in [9.17, 15) is 14.4 Å². The third-order valence-corrected chi connectivity index (χ3v) is 3.91. The van der Waals surface area contributed by atoms with E-state index in [1.165, 1.54) is 0 Å². The molecule has 1 rings (SSSR count). The van der Waals surface area contributed by atoms with Crippen LogP contribution in [0.25, 0.3) is 0 Å². The average molecular weight is 250 g/mol. The molecule has 0 unspecified atom stereocenters. The monoisotopic (exact) mass is 250 g/mol. The Hall–Kier alpha value is -1.25. The van der Waals surface area contributed by atoms with E-state index in [2.05, 4.69) is 13.8 Å². The van der Waals surface area contributed by atoms with Gasteiger partial charge in [0.05, 0.1) is 0 Å². The SMILES string of the molecule is CC(=O)CCC1=CC(=O)C[C@H](CC(C)=O)C1(C)C. The summed E-state index contributed by atoms with van der Waals surface area (Å²) in [6.45, 7) is 7.26. The highest BCUT2D eigenvalue weighted by molar-refractivity contribution is 5.92.